The predicted octanol–water partition coefficient (Wildman–Crippen LogP) is 2.43. The van der Waals surface area contributed by atoms with Crippen molar-refractivity contribution in [3.05, 3.63) is 35.6 Å². The molecule has 148 valence electrons. The van der Waals surface area contributed by atoms with Gasteiger partial charge in [0.25, 0.3) is 11.8 Å². The zero-order chi connectivity index (χ0) is 20.0. The van der Waals surface area contributed by atoms with Crippen molar-refractivity contribution in [3.63, 3.8) is 0 Å². The maximum Gasteiger partial charge on any atom is 0.326 e. The Balaban J connectivity index is 1.78. The van der Waals surface area contributed by atoms with Gasteiger partial charge in [-0.25, -0.2) is 4.39 Å². The lowest BCUT2D eigenvalue weighted by Crippen LogP contribution is -2.48. The Labute approximate surface area is 158 Å². The summed E-state index contributed by atoms with van der Waals surface area (Å²) in [6, 6.07) is 5.54. The van der Waals surface area contributed by atoms with Gasteiger partial charge in [0.15, 0.2) is 6.10 Å². The van der Waals surface area contributed by atoms with Crippen LogP contribution in [-0.2, 0) is 14.3 Å². The molecule has 1 aromatic carbocycles. The third-order valence-corrected chi connectivity index (χ3v) is 5.22. The maximum atomic E-state index is 13.5. The van der Waals surface area contributed by atoms with Crippen LogP contribution < -0.4 is 10.6 Å². The number of hydrogen-bond donors (Lipinski definition) is 2. The molecule has 0 saturated heterocycles. The average molecular weight is 378 g/mol. The lowest BCUT2D eigenvalue weighted by molar-refractivity contribution is -0.154. The largest absolute Gasteiger partial charge is 0.451 e. The highest BCUT2D eigenvalue weighted by Crippen LogP contribution is 2.29. The number of rotatable bonds is 6. The van der Waals surface area contributed by atoms with E-state index in [-0.39, 0.29) is 17.5 Å². The van der Waals surface area contributed by atoms with Crippen molar-refractivity contribution >= 4 is 17.8 Å². The zero-order valence-electron chi connectivity index (χ0n) is 16.0. The normalized spacial score (nSPS) is 23.2. The molecule has 1 saturated carbocycles. The Morgan fingerprint density at radius 2 is 1.93 bits per heavy atom. The van der Waals surface area contributed by atoms with Crippen LogP contribution in [0.15, 0.2) is 24.3 Å². The Hall–Kier alpha value is -2.44. The Bertz CT molecular complexity index is 694. The summed E-state index contributed by atoms with van der Waals surface area (Å²) < 4.78 is 18.6. The molecule has 2 rings (SSSR count). The van der Waals surface area contributed by atoms with Crippen LogP contribution in [0.1, 0.15) is 50.4 Å². The molecule has 0 bridgehead atoms. The van der Waals surface area contributed by atoms with Gasteiger partial charge in [-0.15, -0.1) is 0 Å². The number of nitrogens with one attached hydrogen (secondary N) is 2. The van der Waals surface area contributed by atoms with Crippen LogP contribution in [0.25, 0.3) is 0 Å². The highest BCUT2D eigenvalue weighted by molar-refractivity contribution is 5.96. The zero-order valence-corrected chi connectivity index (χ0v) is 16.0. The van der Waals surface area contributed by atoms with Gasteiger partial charge in [0.2, 0.25) is 0 Å². The van der Waals surface area contributed by atoms with E-state index in [1.807, 2.05) is 0 Å². The first-order chi connectivity index (χ1) is 12.8. The van der Waals surface area contributed by atoms with Gasteiger partial charge in [-0.1, -0.05) is 38.8 Å². The smallest absolute Gasteiger partial charge is 0.326 e. The van der Waals surface area contributed by atoms with Gasteiger partial charge >= 0.3 is 5.97 Å². The predicted molar refractivity (Wildman–Crippen MR) is 98.4 cm³/mol. The summed E-state index contributed by atoms with van der Waals surface area (Å²) in [7, 11) is 0. The number of benzene rings is 1. The van der Waals surface area contributed by atoms with Crippen LogP contribution in [0, 0.1) is 17.7 Å². The van der Waals surface area contributed by atoms with Crippen LogP contribution in [0.2, 0.25) is 0 Å². The molecule has 4 atom stereocenters. The summed E-state index contributed by atoms with van der Waals surface area (Å²) >= 11 is 0. The molecular weight excluding hydrogens is 351 g/mol. The SMILES string of the molecule is C[C@H]1[C@@H](NC(=O)[C@@H](C)OC(=O)CNC(=O)c2ccccc2F)CCC[C@@H]1C. The first kappa shape index (κ1) is 20.9. The summed E-state index contributed by atoms with van der Waals surface area (Å²) in [6.45, 7) is 5.33. The summed E-state index contributed by atoms with van der Waals surface area (Å²) in [4.78, 5) is 36.0. The maximum absolute atomic E-state index is 13.5. The fraction of sp³-hybridized carbons (Fsp3) is 0.550. The molecule has 2 amide bonds. The van der Waals surface area contributed by atoms with E-state index in [4.69, 9.17) is 4.74 Å². The Kier molecular flexibility index (Phi) is 7.33. The second kappa shape index (κ2) is 9.48. The molecule has 0 heterocycles. The Morgan fingerprint density at radius 1 is 1.22 bits per heavy atom. The second-order valence-electron chi connectivity index (χ2n) is 7.18. The third-order valence-electron chi connectivity index (χ3n) is 5.22. The molecule has 1 aromatic rings. The summed E-state index contributed by atoms with van der Waals surface area (Å²) in [5.41, 5.74) is -0.156. The van der Waals surface area contributed by atoms with Crippen molar-refractivity contribution in [2.24, 2.45) is 11.8 Å². The van der Waals surface area contributed by atoms with Gasteiger partial charge in [-0.2, -0.15) is 0 Å². The molecule has 0 unspecified atom stereocenters. The van der Waals surface area contributed by atoms with Crippen molar-refractivity contribution in [2.75, 3.05) is 6.54 Å². The molecule has 2 N–H and O–H groups in total. The molecule has 1 aliphatic rings. The van der Waals surface area contributed by atoms with E-state index in [0.29, 0.717) is 11.8 Å². The molecule has 0 aromatic heterocycles. The molecule has 0 radical (unpaired) electrons. The van der Waals surface area contributed by atoms with Gasteiger partial charge in [0, 0.05) is 6.04 Å². The van der Waals surface area contributed by atoms with E-state index in [0.717, 1.165) is 25.3 Å². The van der Waals surface area contributed by atoms with E-state index < -0.39 is 30.3 Å². The first-order valence-electron chi connectivity index (χ1n) is 9.32. The summed E-state index contributed by atoms with van der Waals surface area (Å²) in [5, 5.41) is 5.24. The average Bonchev–Trinajstić information content (AvgIpc) is 2.63. The number of halogens is 1. The van der Waals surface area contributed by atoms with E-state index in [1.54, 1.807) is 0 Å². The topological polar surface area (TPSA) is 84.5 Å². The second-order valence-corrected chi connectivity index (χ2v) is 7.18. The number of carbonyl (C=O) groups is 3. The van der Waals surface area contributed by atoms with Gasteiger partial charge in [-0.3, -0.25) is 14.4 Å². The van der Waals surface area contributed by atoms with Crippen molar-refractivity contribution < 1.29 is 23.5 Å². The standard InChI is InChI=1S/C20H27FN2O4/c1-12-7-6-10-17(13(12)2)23-19(25)14(3)27-18(24)11-22-20(26)15-8-4-5-9-16(15)21/h4-5,8-9,12-14,17H,6-7,10-11H2,1-3H3,(H,22,26)(H,23,25)/t12-,13+,14+,17-/m0/s1. The van der Waals surface area contributed by atoms with Crippen molar-refractivity contribution in [1.29, 1.82) is 0 Å². The molecule has 1 aliphatic carbocycles. The van der Waals surface area contributed by atoms with Crippen LogP contribution in [0.5, 0.6) is 0 Å². The fourth-order valence-electron chi connectivity index (χ4n) is 3.27. The van der Waals surface area contributed by atoms with Crippen LogP contribution in [-0.4, -0.2) is 36.5 Å². The van der Waals surface area contributed by atoms with Crippen molar-refractivity contribution in [1.82, 2.24) is 10.6 Å². The van der Waals surface area contributed by atoms with Gasteiger partial charge in [-0.05, 0) is 37.3 Å². The number of ether oxygens (including phenoxy) is 1. The van der Waals surface area contributed by atoms with E-state index >= 15 is 0 Å². The molecule has 0 aliphatic heterocycles. The fourth-order valence-corrected chi connectivity index (χ4v) is 3.27. The van der Waals surface area contributed by atoms with E-state index in [9.17, 15) is 18.8 Å². The minimum absolute atomic E-state index is 0.0724. The molecular formula is C20H27FN2O4. The molecule has 7 heteroatoms. The first-order valence-corrected chi connectivity index (χ1v) is 9.32. The van der Waals surface area contributed by atoms with Crippen LogP contribution in [0.4, 0.5) is 4.39 Å². The molecule has 0 spiro atoms. The Morgan fingerprint density at radius 3 is 2.63 bits per heavy atom. The highest BCUT2D eigenvalue weighted by atomic mass is 19.1. The minimum atomic E-state index is -0.965. The third kappa shape index (κ3) is 5.77. The van der Waals surface area contributed by atoms with Crippen molar-refractivity contribution in [2.45, 2.75) is 52.2 Å². The van der Waals surface area contributed by atoms with Crippen LogP contribution in [0.3, 0.4) is 0 Å². The van der Waals surface area contributed by atoms with Gasteiger partial charge in [0.1, 0.15) is 12.4 Å². The monoisotopic (exact) mass is 378 g/mol. The number of hydrogen-bond acceptors (Lipinski definition) is 4. The van der Waals surface area contributed by atoms with Crippen molar-refractivity contribution in [3.8, 4) is 0 Å². The lowest BCUT2D eigenvalue weighted by atomic mass is 9.78. The quantitative estimate of drug-likeness (QED) is 0.745. The van der Waals surface area contributed by atoms with Gasteiger partial charge < -0.3 is 15.4 Å². The highest BCUT2D eigenvalue weighted by Gasteiger charge is 2.30. The minimum Gasteiger partial charge on any atom is -0.451 e. The molecule has 1 fully saturated rings. The molecule has 27 heavy (non-hydrogen) atoms. The number of carbonyl (C=O) groups excluding carboxylic acids is 3. The van der Waals surface area contributed by atoms with Gasteiger partial charge in [0.05, 0.1) is 5.56 Å². The van der Waals surface area contributed by atoms with E-state index in [1.165, 1.54) is 25.1 Å². The lowest BCUT2D eigenvalue weighted by Gasteiger charge is -2.35. The summed E-state index contributed by atoms with van der Waals surface area (Å²) in [5.74, 6) is -1.59. The van der Waals surface area contributed by atoms with Crippen LogP contribution >= 0.6 is 0 Å². The number of amides is 2. The molecule has 6 nitrogen and oxygen atoms in total. The summed E-state index contributed by atoms with van der Waals surface area (Å²) in [6.07, 6.45) is 2.16. The van der Waals surface area contributed by atoms with E-state index in [2.05, 4.69) is 24.5 Å². The number of esters is 1.